The van der Waals surface area contributed by atoms with Crippen LogP contribution in [0.5, 0.6) is 0 Å². The molecule has 7 nitrogen and oxygen atoms in total. The standard InChI is InChI=1S/C26H25N5O2/c1-16-8-10-20(11-9-16)24-18(3)30-31(25(24)28-19(4)32)22-14-12-21(13-15-22)26(33)29-23-7-5-6-17(2)27-23/h5-15H,1-4H3,(H,28,32)(H,27,29,33). The SMILES string of the molecule is CC(=O)Nc1c(-c2ccc(C)cc2)c(C)nn1-c1ccc(C(=O)Nc2cccc(C)n2)cc1. The number of amides is 2. The summed E-state index contributed by atoms with van der Waals surface area (Å²) < 4.78 is 1.69. The Kier molecular flexibility index (Phi) is 6.04. The maximum Gasteiger partial charge on any atom is 0.256 e. The second kappa shape index (κ2) is 9.08. The molecule has 0 atom stereocenters. The number of carbonyl (C=O) groups excluding carboxylic acids is 2. The third-order valence-corrected chi connectivity index (χ3v) is 5.20. The van der Waals surface area contributed by atoms with E-state index in [0.29, 0.717) is 17.2 Å². The van der Waals surface area contributed by atoms with E-state index in [9.17, 15) is 9.59 Å². The van der Waals surface area contributed by atoms with Crippen LogP contribution in [0.15, 0.2) is 66.7 Å². The van der Waals surface area contributed by atoms with Gasteiger partial charge in [0.25, 0.3) is 5.91 Å². The predicted octanol–water partition coefficient (Wildman–Crippen LogP) is 5.07. The van der Waals surface area contributed by atoms with Gasteiger partial charge in [0.15, 0.2) is 0 Å². The molecule has 7 heteroatoms. The van der Waals surface area contributed by atoms with E-state index in [1.165, 1.54) is 6.92 Å². The molecule has 0 bridgehead atoms. The van der Waals surface area contributed by atoms with E-state index in [4.69, 9.17) is 0 Å². The quantitative estimate of drug-likeness (QED) is 0.454. The number of hydrogen-bond acceptors (Lipinski definition) is 4. The minimum absolute atomic E-state index is 0.189. The molecular weight excluding hydrogens is 414 g/mol. The molecule has 2 heterocycles. The second-order valence-corrected chi connectivity index (χ2v) is 7.93. The van der Waals surface area contributed by atoms with Crippen molar-refractivity contribution in [3.63, 3.8) is 0 Å². The number of nitrogens with zero attached hydrogens (tertiary/aromatic N) is 3. The Hall–Kier alpha value is -4.26. The third kappa shape index (κ3) is 4.82. The summed E-state index contributed by atoms with van der Waals surface area (Å²) in [7, 11) is 0. The fourth-order valence-corrected chi connectivity index (χ4v) is 3.62. The normalized spacial score (nSPS) is 10.7. The Morgan fingerprint density at radius 1 is 0.848 bits per heavy atom. The number of nitrogens with one attached hydrogen (secondary N) is 2. The van der Waals surface area contributed by atoms with E-state index in [0.717, 1.165) is 33.8 Å². The van der Waals surface area contributed by atoms with Gasteiger partial charge in [-0.2, -0.15) is 5.10 Å². The number of hydrogen-bond donors (Lipinski definition) is 2. The van der Waals surface area contributed by atoms with Crippen molar-refractivity contribution in [2.75, 3.05) is 10.6 Å². The minimum atomic E-state index is -0.251. The number of anilines is 2. The molecule has 0 radical (unpaired) electrons. The van der Waals surface area contributed by atoms with Crippen molar-refractivity contribution in [3.05, 3.63) is 89.2 Å². The lowest BCUT2D eigenvalue weighted by molar-refractivity contribution is -0.114. The van der Waals surface area contributed by atoms with Gasteiger partial charge in [0.1, 0.15) is 11.6 Å². The molecule has 0 aliphatic carbocycles. The topological polar surface area (TPSA) is 88.9 Å². The maximum atomic E-state index is 12.6. The Balaban J connectivity index is 1.67. The molecule has 2 amide bonds. The smallest absolute Gasteiger partial charge is 0.256 e. The molecule has 2 aromatic carbocycles. The number of benzene rings is 2. The molecule has 0 spiro atoms. The van der Waals surface area contributed by atoms with Crippen molar-refractivity contribution in [2.45, 2.75) is 27.7 Å². The number of rotatable bonds is 5. The molecule has 0 unspecified atom stereocenters. The molecule has 0 fully saturated rings. The maximum absolute atomic E-state index is 12.6. The highest BCUT2D eigenvalue weighted by molar-refractivity contribution is 6.04. The lowest BCUT2D eigenvalue weighted by atomic mass is 10.0. The van der Waals surface area contributed by atoms with E-state index in [1.807, 2.05) is 57.2 Å². The molecular formula is C26H25N5O2. The molecule has 2 aromatic heterocycles. The molecule has 0 aliphatic rings. The van der Waals surface area contributed by atoms with Crippen LogP contribution in [0.4, 0.5) is 11.6 Å². The van der Waals surface area contributed by atoms with Crippen LogP contribution in [-0.2, 0) is 4.79 Å². The summed E-state index contributed by atoms with van der Waals surface area (Å²) in [5, 5.41) is 10.4. The van der Waals surface area contributed by atoms with E-state index in [2.05, 4.69) is 20.7 Å². The van der Waals surface area contributed by atoms with Gasteiger partial charge in [0, 0.05) is 23.7 Å². The summed E-state index contributed by atoms with van der Waals surface area (Å²) in [6.45, 7) is 7.28. The van der Waals surface area contributed by atoms with Crippen LogP contribution in [0, 0.1) is 20.8 Å². The number of aryl methyl sites for hydroxylation is 3. The summed E-state index contributed by atoms with van der Waals surface area (Å²) in [4.78, 5) is 28.9. The first kappa shape index (κ1) is 22.0. The molecule has 2 N–H and O–H groups in total. The van der Waals surface area contributed by atoms with Crippen LogP contribution in [0.2, 0.25) is 0 Å². The first-order valence-corrected chi connectivity index (χ1v) is 10.6. The van der Waals surface area contributed by atoms with Gasteiger partial charge in [-0.05, 0) is 62.7 Å². The largest absolute Gasteiger partial charge is 0.310 e. The van der Waals surface area contributed by atoms with Crippen LogP contribution in [0.1, 0.15) is 34.2 Å². The van der Waals surface area contributed by atoms with Crippen molar-refractivity contribution < 1.29 is 9.59 Å². The van der Waals surface area contributed by atoms with Crippen molar-refractivity contribution in [1.29, 1.82) is 0 Å². The summed E-state index contributed by atoms with van der Waals surface area (Å²) in [5.41, 5.74) is 5.81. The number of pyridine rings is 1. The third-order valence-electron chi connectivity index (χ3n) is 5.20. The summed E-state index contributed by atoms with van der Waals surface area (Å²) in [6, 6.07) is 20.6. The molecule has 33 heavy (non-hydrogen) atoms. The van der Waals surface area contributed by atoms with Gasteiger partial charge < -0.3 is 10.6 Å². The van der Waals surface area contributed by atoms with Crippen LogP contribution >= 0.6 is 0 Å². The Bertz CT molecular complexity index is 1320. The van der Waals surface area contributed by atoms with E-state index < -0.39 is 0 Å². The van der Waals surface area contributed by atoms with Gasteiger partial charge in [-0.15, -0.1) is 0 Å². The van der Waals surface area contributed by atoms with Crippen LogP contribution < -0.4 is 10.6 Å². The Morgan fingerprint density at radius 3 is 2.18 bits per heavy atom. The fraction of sp³-hybridized carbons (Fsp3) is 0.154. The molecule has 0 saturated carbocycles. The summed E-state index contributed by atoms with van der Waals surface area (Å²) in [6.07, 6.45) is 0. The molecule has 0 aliphatic heterocycles. The van der Waals surface area contributed by atoms with Gasteiger partial charge >= 0.3 is 0 Å². The Morgan fingerprint density at radius 2 is 1.55 bits per heavy atom. The fourth-order valence-electron chi connectivity index (χ4n) is 3.62. The number of aromatic nitrogens is 3. The first-order chi connectivity index (χ1) is 15.8. The van der Waals surface area contributed by atoms with Crippen molar-refractivity contribution >= 4 is 23.5 Å². The second-order valence-electron chi connectivity index (χ2n) is 7.93. The van der Waals surface area contributed by atoms with Crippen molar-refractivity contribution in [2.24, 2.45) is 0 Å². The zero-order valence-electron chi connectivity index (χ0n) is 19.0. The summed E-state index contributed by atoms with van der Waals surface area (Å²) >= 11 is 0. The van der Waals surface area contributed by atoms with Crippen molar-refractivity contribution in [1.82, 2.24) is 14.8 Å². The molecule has 4 rings (SSSR count). The zero-order valence-corrected chi connectivity index (χ0v) is 19.0. The Labute approximate surface area is 192 Å². The average Bonchev–Trinajstić information content (AvgIpc) is 3.09. The highest BCUT2D eigenvalue weighted by Gasteiger charge is 2.19. The molecule has 0 saturated heterocycles. The lowest BCUT2D eigenvalue weighted by Crippen LogP contribution is -2.14. The first-order valence-electron chi connectivity index (χ1n) is 10.6. The van der Waals surface area contributed by atoms with Gasteiger partial charge in [-0.25, -0.2) is 9.67 Å². The molecule has 4 aromatic rings. The van der Waals surface area contributed by atoms with Crippen LogP contribution in [-0.4, -0.2) is 26.6 Å². The van der Waals surface area contributed by atoms with Gasteiger partial charge in [0.2, 0.25) is 5.91 Å². The van der Waals surface area contributed by atoms with E-state index in [-0.39, 0.29) is 11.8 Å². The minimum Gasteiger partial charge on any atom is -0.310 e. The predicted molar refractivity (Wildman–Crippen MR) is 130 cm³/mol. The lowest BCUT2D eigenvalue weighted by Gasteiger charge is -2.11. The van der Waals surface area contributed by atoms with Crippen LogP contribution in [0.3, 0.4) is 0 Å². The highest BCUT2D eigenvalue weighted by atomic mass is 16.2. The van der Waals surface area contributed by atoms with Gasteiger partial charge in [-0.1, -0.05) is 35.9 Å². The monoisotopic (exact) mass is 439 g/mol. The molecule has 166 valence electrons. The zero-order chi connectivity index (χ0) is 23.5. The number of carbonyl (C=O) groups is 2. The van der Waals surface area contributed by atoms with Gasteiger partial charge in [-0.3, -0.25) is 9.59 Å². The van der Waals surface area contributed by atoms with Crippen LogP contribution in [0.25, 0.3) is 16.8 Å². The average molecular weight is 440 g/mol. The van der Waals surface area contributed by atoms with E-state index in [1.54, 1.807) is 35.0 Å². The van der Waals surface area contributed by atoms with Crippen molar-refractivity contribution in [3.8, 4) is 16.8 Å². The summed E-state index contributed by atoms with van der Waals surface area (Å²) in [5.74, 6) is 0.650. The highest BCUT2D eigenvalue weighted by Crippen LogP contribution is 2.33. The van der Waals surface area contributed by atoms with Gasteiger partial charge in [0.05, 0.1) is 11.4 Å². The van der Waals surface area contributed by atoms with E-state index >= 15 is 0 Å².